The third kappa shape index (κ3) is 1.73. The lowest BCUT2D eigenvalue weighted by atomic mass is 10.2. The number of aryl methyl sites for hydroxylation is 1. The van der Waals surface area contributed by atoms with Gasteiger partial charge in [-0.15, -0.1) is 5.10 Å². The molecule has 16 heavy (non-hydrogen) atoms. The molecule has 84 valence electrons. The average molecular weight is 218 g/mol. The summed E-state index contributed by atoms with van der Waals surface area (Å²) in [4.78, 5) is 8.47. The van der Waals surface area contributed by atoms with Crippen molar-refractivity contribution in [1.29, 1.82) is 0 Å². The Morgan fingerprint density at radius 3 is 2.81 bits per heavy atom. The van der Waals surface area contributed by atoms with Gasteiger partial charge in [-0.1, -0.05) is 5.21 Å². The zero-order valence-electron chi connectivity index (χ0n) is 9.60. The van der Waals surface area contributed by atoms with Crippen LogP contribution in [-0.2, 0) is 7.05 Å². The van der Waals surface area contributed by atoms with Crippen LogP contribution >= 0.6 is 0 Å². The van der Waals surface area contributed by atoms with Crippen LogP contribution in [0.5, 0.6) is 0 Å². The van der Waals surface area contributed by atoms with Crippen molar-refractivity contribution >= 4 is 5.82 Å². The first kappa shape index (κ1) is 10.5. The Labute approximate surface area is 93.7 Å². The van der Waals surface area contributed by atoms with Crippen LogP contribution in [0.25, 0.3) is 11.4 Å². The lowest BCUT2D eigenvalue weighted by Crippen LogP contribution is -2.05. The van der Waals surface area contributed by atoms with Gasteiger partial charge in [0.1, 0.15) is 17.8 Å². The molecule has 0 atom stereocenters. The molecular formula is C10H14N6. The predicted molar refractivity (Wildman–Crippen MR) is 60.9 cm³/mol. The molecule has 0 amide bonds. The van der Waals surface area contributed by atoms with E-state index in [2.05, 4.69) is 25.6 Å². The summed E-state index contributed by atoms with van der Waals surface area (Å²) in [5.41, 5.74) is 2.76. The molecule has 0 spiro atoms. The monoisotopic (exact) mass is 218 g/mol. The highest BCUT2D eigenvalue weighted by Crippen LogP contribution is 2.22. The molecule has 0 aliphatic carbocycles. The standard InChI is InChI=1S/C10H14N6/c1-4-11-10-7(2)9(12-6-13-10)8-5-14-15-16(8)3/h5-6H,4H2,1-3H3,(H,11,12,13). The third-order valence-corrected chi connectivity index (χ3v) is 2.39. The van der Waals surface area contributed by atoms with Crippen molar-refractivity contribution in [2.24, 2.45) is 7.05 Å². The zero-order valence-corrected chi connectivity index (χ0v) is 9.60. The Balaban J connectivity index is 2.50. The summed E-state index contributed by atoms with van der Waals surface area (Å²) >= 11 is 0. The van der Waals surface area contributed by atoms with E-state index in [0.717, 1.165) is 29.3 Å². The fourth-order valence-corrected chi connectivity index (χ4v) is 1.56. The third-order valence-electron chi connectivity index (χ3n) is 2.39. The van der Waals surface area contributed by atoms with Gasteiger partial charge in [-0.2, -0.15) is 0 Å². The van der Waals surface area contributed by atoms with Crippen molar-refractivity contribution in [3.63, 3.8) is 0 Å². The van der Waals surface area contributed by atoms with Crippen LogP contribution in [-0.4, -0.2) is 31.5 Å². The van der Waals surface area contributed by atoms with Gasteiger partial charge in [-0.25, -0.2) is 14.6 Å². The van der Waals surface area contributed by atoms with E-state index in [9.17, 15) is 0 Å². The van der Waals surface area contributed by atoms with E-state index >= 15 is 0 Å². The highest BCUT2D eigenvalue weighted by molar-refractivity contribution is 5.64. The highest BCUT2D eigenvalue weighted by atomic mass is 15.4. The molecule has 0 aliphatic rings. The normalized spacial score (nSPS) is 10.4. The first-order chi connectivity index (χ1) is 7.74. The molecule has 0 saturated heterocycles. The van der Waals surface area contributed by atoms with Crippen LogP contribution < -0.4 is 5.32 Å². The summed E-state index contributed by atoms with van der Waals surface area (Å²) < 4.78 is 1.70. The molecule has 0 saturated carbocycles. The van der Waals surface area contributed by atoms with Crippen molar-refractivity contribution in [2.75, 3.05) is 11.9 Å². The van der Waals surface area contributed by atoms with Gasteiger partial charge in [0.25, 0.3) is 0 Å². The summed E-state index contributed by atoms with van der Waals surface area (Å²) in [6.07, 6.45) is 3.25. The quantitative estimate of drug-likeness (QED) is 0.832. The van der Waals surface area contributed by atoms with E-state index < -0.39 is 0 Å². The largest absolute Gasteiger partial charge is 0.370 e. The van der Waals surface area contributed by atoms with Gasteiger partial charge in [0, 0.05) is 19.2 Å². The van der Waals surface area contributed by atoms with E-state index in [1.807, 2.05) is 20.9 Å². The van der Waals surface area contributed by atoms with Gasteiger partial charge in [-0.3, -0.25) is 0 Å². The second kappa shape index (κ2) is 4.26. The Hall–Kier alpha value is -1.98. The number of hydrogen-bond acceptors (Lipinski definition) is 5. The number of hydrogen-bond donors (Lipinski definition) is 1. The minimum absolute atomic E-state index is 0.834. The topological polar surface area (TPSA) is 68.5 Å². The maximum absolute atomic E-state index is 4.27. The number of anilines is 1. The molecule has 2 aromatic heterocycles. The number of nitrogens with zero attached hydrogens (tertiary/aromatic N) is 5. The fraction of sp³-hybridized carbons (Fsp3) is 0.400. The molecule has 2 rings (SSSR count). The van der Waals surface area contributed by atoms with Crippen LogP contribution in [0.4, 0.5) is 5.82 Å². The maximum atomic E-state index is 4.27. The molecule has 6 nitrogen and oxygen atoms in total. The van der Waals surface area contributed by atoms with Gasteiger partial charge < -0.3 is 5.32 Å². The van der Waals surface area contributed by atoms with Crippen molar-refractivity contribution in [2.45, 2.75) is 13.8 Å². The predicted octanol–water partition coefficient (Wildman–Crippen LogP) is 1.01. The minimum Gasteiger partial charge on any atom is -0.370 e. The maximum Gasteiger partial charge on any atom is 0.132 e. The van der Waals surface area contributed by atoms with E-state index in [-0.39, 0.29) is 0 Å². The molecule has 0 aromatic carbocycles. The first-order valence-electron chi connectivity index (χ1n) is 5.14. The lowest BCUT2D eigenvalue weighted by molar-refractivity contribution is 0.718. The van der Waals surface area contributed by atoms with E-state index in [1.54, 1.807) is 17.2 Å². The first-order valence-corrected chi connectivity index (χ1v) is 5.14. The molecule has 0 unspecified atom stereocenters. The van der Waals surface area contributed by atoms with Gasteiger partial charge >= 0.3 is 0 Å². The summed E-state index contributed by atoms with van der Waals surface area (Å²) in [7, 11) is 1.84. The molecule has 0 bridgehead atoms. The van der Waals surface area contributed by atoms with Crippen molar-refractivity contribution in [1.82, 2.24) is 25.0 Å². The van der Waals surface area contributed by atoms with Crippen LogP contribution in [0, 0.1) is 6.92 Å². The second-order valence-corrected chi connectivity index (χ2v) is 3.47. The molecule has 0 aliphatic heterocycles. The van der Waals surface area contributed by atoms with Crippen LogP contribution in [0.2, 0.25) is 0 Å². The van der Waals surface area contributed by atoms with Gasteiger partial charge in [0.15, 0.2) is 0 Å². The van der Waals surface area contributed by atoms with Crippen molar-refractivity contribution in [3.05, 3.63) is 18.1 Å². The number of rotatable bonds is 3. The van der Waals surface area contributed by atoms with Crippen LogP contribution in [0.3, 0.4) is 0 Å². The molecule has 0 radical (unpaired) electrons. The summed E-state index contributed by atoms with van der Waals surface area (Å²) in [6, 6.07) is 0. The smallest absolute Gasteiger partial charge is 0.132 e. The number of nitrogens with one attached hydrogen (secondary N) is 1. The molecule has 1 N–H and O–H groups in total. The minimum atomic E-state index is 0.834. The SMILES string of the molecule is CCNc1ncnc(-c2cnnn2C)c1C. The average Bonchev–Trinajstić information content (AvgIpc) is 2.68. The zero-order chi connectivity index (χ0) is 11.5. The summed E-state index contributed by atoms with van der Waals surface area (Å²) in [5, 5.41) is 10.9. The molecular weight excluding hydrogens is 204 g/mol. The van der Waals surface area contributed by atoms with Crippen molar-refractivity contribution in [3.8, 4) is 11.4 Å². The number of aromatic nitrogens is 5. The molecule has 0 fully saturated rings. The summed E-state index contributed by atoms with van der Waals surface area (Å²) in [5.74, 6) is 0.855. The van der Waals surface area contributed by atoms with E-state index in [1.165, 1.54) is 0 Å². The van der Waals surface area contributed by atoms with Crippen molar-refractivity contribution < 1.29 is 0 Å². The lowest BCUT2D eigenvalue weighted by Gasteiger charge is -2.09. The summed E-state index contributed by atoms with van der Waals surface area (Å²) in [6.45, 7) is 4.86. The molecule has 2 aromatic rings. The van der Waals surface area contributed by atoms with Gasteiger partial charge in [-0.05, 0) is 13.8 Å². The van der Waals surface area contributed by atoms with Gasteiger partial charge in [0.05, 0.1) is 11.9 Å². The Bertz CT molecular complexity index is 490. The Kier molecular flexibility index (Phi) is 2.80. The second-order valence-electron chi connectivity index (χ2n) is 3.47. The highest BCUT2D eigenvalue weighted by Gasteiger charge is 2.11. The molecule has 2 heterocycles. The van der Waals surface area contributed by atoms with Crippen LogP contribution in [0.15, 0.2) is 12.5 Å². The Morgan fingerprint density at radius 1 is 1.38 bits per heavy atom. The van der Waals surface area contributed by atoms with Crippen LogP contribution in [0.1, 0.15) is 12.5 Å². The van der Waals surface area contributed by atoms with E-state index in [4.69, 9.17) is 0 Å². The Morgan fingerprint density at radius 2 is 2.19 bits per heavy atom. The fourth-order valence-electron chi connectivity index (χ4n) is 1.56. The molecule has 6 heteroatoms. The van der Waals surface area contributed by atoms with E-state index in [0.29, 0.717) is 0 Å². The van der Waals surface area contributed by atoms with Gasteiger partial charge in [0.2, 0.25) is 0 Å².